The Kier molecular flexibility index (Phi) is 5.91. The van der Waals surface area contributed by atoms with Crippen molar-refractivity contribution in [3.63, 3.8) is 0 Å². The topological polar surface area (TPSA) is 72.2 Å². The number of nitrogens with zero attached hydrogens (tertiary/aromatic N) is 3. The maximum Gasteiger partial charge on any atom is 0.0897 e. The quantitative estimate of drug-likeness (QED) is 0.558. The zero-order valence-corrected chi connectivity index (χ0v) is 8.96. The molecule has 0 saturated carbocycles. The molecule has 0 aromatic carbocycles. The van der Waals surface area contributed by atoms with Gasteiger partial charge in [0.15, 0.2) is 0 Å². The smallest absolute Gasteiger partial charge is 0.0897 e. The first-order valence-corrected chi connectivity index (χ1v) is 5.13. The van der Waals surface area contributed by atoms with Gasteiger partial charge in [0, 0.05) is 25.9 Å². The van der Waals surface area contributed by atoms with E-state index < -0.39 is 6.10 Å². The number of rotatable bonds is 8. The number of hydrogen-bond donors (Lipinski definition) is 2. The second-order valence-electron chi connectivity index (χ2n) is 3.18. The van der Waals surface area contributed by atoms with Crippen molar-refractivity contribution in [2.45, 2.75) is 19.6 Å². The van der Waals surface area contributed by atoms with Gasteiger partial charge in [0.25, 0.3) is 0 Å². The van der Waals surface area contributed by atoms with Crippen LogP contribution >= 0.6 is 0 Å². The highest BCUT2D eigenvalue weighted by Crippen LogP contribution is 1.84. The number of aliphatic hydroxyl groups is 1. The van der Waals surface area contributed by atoms with Crippen molar-refractivity contribution in [3.8, 4) is 0 Å². The van der Waals surface area contributed by atoms with E-state index in [0.29, 0.717) is 19.8 Å². The van der Waals surface area contributed by atoms with Gasteiger partial charge >= 0.3 is 0 Å². The number of ether oxygens (including phenoxy) is 1. The Balaban J connectivity index is 1.97. The van der Waals surface area contributed by atoms with Crippen LogP contribution in [0.3, 0.4) is 0 Å². The molecule has 1 aromatic heterocycles. The summed E-state index contributed by atoms with van der Waals surface area (Å²) in [5, 5.41) is 20.0. The van der Waals surface area contributed by atoms with Crippen LogP contribution in [0.2, 0.25) is 0 Å². The molecule has 6 nitrogen and oxygen atoms in total. The van der Waals surface area contributed by atoms with Crippen LogP contribution in [0.1, 0.15) is 6.92 Å². The first-order valence-electron chi connectivity index (χ1n) is 5.13. The van der Waals surface area contributed by atoms with E-state index in [1.807, 2.05) is 6.92 Å². The highest BCUT2D eigenvalue weighted by Gasteiger charge is 2.02. The van der Waals surface area contributed by atoms with Crippen molar-refractivity contribution < 1.29 is 9.84 Å². The van der Waals surface area contributed by atoms with E-state index in [1.165, 1.54) is 0 Å². The molecule has 0 aliphatic carbocycles. The minimum atomic E-state index is -0.444. The number of aliphatic hydroxyl groups excluding tert-OH is 1. The summed E-state index contributed by atoms with van der Waals surface area (Å²) in [6.07, 6.45) is 3.00. The lowest BCUT2D eigenvalue weighted by molar-refractivity contribution is 0.0428. The number of nitrogens with one attached hydrogen (secondary N) is 1. The Bertz CT molecular complexity index is 240. The van der Waals surface area contributed by atoms with Gasteiger partial charge < -0.3 is 15.2 Å². The van der Waals surface area contributed by atoms with Crippen molar-refractivity contribution in [2.75, 3.05) is 26.3 Å². The fourth-order valence-corrected chi connectivity index (χ4v) is 1.13. The lowest BCUT2D eigenvalue weighted by atomic mass is 10.4. The molecule has 1 heterocycles. The highest BCUT2D eigenvalue weighted by atomic mass is 16.5. The summed E-state index contributed by atoms with van der Waals surface area (Å²) in [5.41, 5.74) is 0. The van der Waals surface area contributed by atoms with Gasteiger partial charge in [-0.3, -0.25) is 4.68 Å². The van der Waals surface area contributed by atoms with Gasteiger partial charge in [-0.05, 0) is 6.92 Å². The molecule has 0 aliphatic heterocycles. The maximum atomic E-state index is 9.42. The van der Waals surface area contributed by atoms with Crippen LogP contribution in [0.25, 0.3) is 0 Å². The largest absolute Gasteiger partial charge is 0.389 e. The van der Waals surface area contributed by atoms with E-state index in [1.54, 1.807) is 17.1 Å². The molecular formula is C9H18N4O2. The van der Waals surface area contributed by atoms with Crippen LogP contribution in [0, 0.1) is 0 Å². The Hall–Kier alpha value is -0.980. The van der Waals surface area contributed by atoms with Crippen LogP contribution in [0.4, 0.5) is 0 Å². The third kappa shape index (κ3) is 5.46. The number of aromatic nitrogens is 3. The van der Waals surface area contributed by atoms with Crippen molar-refractivity contribution in [1.29, 1.82) is 0 Å². The Morgan fingerprint density at radius 2 is 2.47 bits per heavy atom. The predicted octanol–water partition coefficient (Wildman–Crippen LogP) is -0.735. The molecule has 0 spiro atoms. The van der Waals surface area contributed by atoms with E-state index in [9.17, 15) is 5.11 Å². The van der Waals surface area contributed by atoms with E-state index >= 15 is 0 Å². The SMILES string of the molecule is CCOCC(O)CNCCn1ccnn1. The van der Waals surface area contributed by atoms with Crippen LogP contribution < -0.4 is 5.32 Å². The fourth-order valence-electron chi connectivity index (χ4n) is 1.13. The van der Waals surface area contributed by atoms with Gasteiger partial charge in [-0.2, -0.15) is 0 Å². The Labute approximate surface area is 89.2 Å². The van der Waals surface area contributed by atoms with Gasteiger partial charge in [0.05, 0.1) is 25.5 Å². The molecular weight excluding hydrogens is 196 g/mol. The normalized spacial score (nSPS) is 12.9. The zero-order valence-electron chi connectivity index (χ0n) is 8.96. The van der Waals surface area contributed by atoms with E-state index in [0.717, 1.165) is 13.1 Å². The summed E-state index contributed by atoms with van der Waals surface area (Å²) >= 11 is 0. The standard InChI is InChI=1S/C9H18N4O2/c1-2-15-8-9(14)7-10-3-5-13-6-4-11-12-13/h4,6,9-10,14H,2-3,5,7-8H2,1H3. The van der Waals surface area contributed by atoms with Gasteiger partial charge in [0.1, 0.15) is 0 Å². The number of hydrogen-bond acceptors (Lipinski definition) is 5. The second-order valence-corrected chi connectivity index (χ2v) is 3.18. The molecule has 6 heteroatoms. The summed E-state index contributed by atoms with van der Waals surface area (Å²) in [7, 11) is 0. The Morgan fingerprint density at radius 1 is 1.60 bits per heavy atom. The molecule has 1 unspecified atom stereocenters. The summed E-state index contributed by atoms with van der Waals surface area (Å²) in [4.78, 5) is 0. The predicted molar refractivity (Wildman–Crippen MR) is 55.4 cm³/mol. The highest BCUT2D eigenvalue weighted by molar-refractivity contribution is 4.65. The molecule has 0 bridgehead atoms. The van der Waals surface area contributed by atoms with Crippen molar-refractivity contribution in [3.05, 3.63) is 12.4 Å². The summed E-state index contributed by atoms with van der Waals surface area (Å²) < 4.78 is 6.82. The monoisotopic (exact) mass is 214 g/mol. The van der Waals surface area contributed by atoms with Crippen LogP contribution in [0.15, 0.2) is 12.4 Å². The van der Waals surface area contributed by atoms with Gasteiger partial charge in [0.2, 0.25) is 0 Å². The lowest BCUT2D eigenvalue weighted by Gasteiger charge is -2.11. The average molecular weight is 214 g/mol. The molecule has 86 valence electrons. The summed E-state index contributed by atoms with van der Waals surface area (Å²) in [5.74, 6) is 0. The van der Waals surface area contributed by atoms with Gasteiger partial charge in [-0.15, -0.1) is 5.10 Å². The molecule has 1 aromatic rings. The molecule has 0 amide bonds. The Morgan fingerprint density at radius 3 is 3.13 bits per heavy atom. The van der Waals surface area contributed by atoms with Gasteiger partial charge in [-0.1, -0.05) is 5.21 Å². The molecule has 1 atom stereocenters. The molecule has 0 saturated heterocycles. The summed E-state index contributed by atoms with van der Waals surface area (Å²) in [6.45, 7) is 4.97. The molecule has 0 aliphatic rings. The van der Waals surface area contributed by atoms with E-state index in [2.05, 4.69) is 15.6 Å². The molecule has 2 N–H and O–H groups in total. The third-order valence-corrected chi connectivity index (χ3v) is 1.88. The molecule has 15 heavy (non-hydrogen) atoms. The maximum absolute atomic E-state index is 9.42. The minimum Gasteiger partial charge on any atom is -0.389 e. The van der Waals surface area contributed by atoms with E-state index in [-0.39, 0.29) is 0 Å². The molecule has 1 rings (SSSR count). The van der Waals surface area contributed by atoms with Crippen LogP contribution in [-0.2, 0) is 11.3 Å². The van der Waals surface area contributed by atoms with Crippen LogP contribution in [0.5, 0.6) is 0 Å². The van der Waals surface area contributed by atoms with Crippen molar-refractivity contribution in [1.82, 2.24) is 20.3 Å². The second kappa shape index (κ2) is 7.33. The molecule has 0 radical (unpaired) electrons. The van der Waals surface area contributed by atoms with Gasteiger partial charge in [-0.25, -0.2) is 0 Å². The van der Waals surface area contributed by atoms with E-state index in [4.69, 9.17) is 4.74 Å². The minimum absolute atomic E-state index is 0.382. The van der Waals surface area contributed by atoms with Crippen molar-refractivity contribution >= 4 is 0 Å². The fraction of sp³-hybridized carbons (Fsp3) is 0.778. The van der Waals surface area contributed by atoms with Crippen molar-refractivity contribution in [2.24, 2.45) is 0 Å². The third-order valence-electron chi connectivity index (χ3n) is 1.88. The summed E-state index contributed by atoms with van der Waals surface area (Å²) in [6, 6.07) is 0. The molecule has 0 fully saturated rings. The first-order chi connectivity index (χ1) is 7.33. The van der Waals surface area contributed by atoms with Crippen LogP contribution in [-0.4, -0.2) is 52.5 Å². The zero-order chi connectivity index (χ0) is 10.9. The lowest BCUT2D eigenvalue weighted by Crippen LogP contribution is -2.32. The average Bonchev–Trinajstić information content (AvgIpc) is 2.74. The first kappa shape index (κ1) is 12.1.